The fraction of sp³-hybridized carbons (Fsp3) is 0.417. The van der Waals surface area contributed by atoms with E-state index in [0.29, 0.717) is 5.56 Å². The fourth-order valence-electron chi connectivity index (χ4n) is 1.46. The second-order valence-corrected chi connectivity index (χ2v) is 4.69. The summed E-state index contributed by atoms with van der Waals surface area (Å²) in [5, 5.41) is 19.1. The van der Waals surface area contributed by atoms with Gasteiger partial charge >= 0.3 is 0 Å². The van der Waals surface area contributed by atoms with Gasteiger partial charge in [-0.15, -0.1) is 0 Å². The topological polar surface area (TPSA) is 57.5 Å². The summed E-state index contributed by atoms with van der Waals surface area (Å²) < 4.78 is 0. The molecule has 0 heterocycles. The number of hydrogen-bond donors (Lipinski definition) is 2. The van der Waals surface area contributed by atoms with Gasteiger partial charge < -0.3 is 10.2 Å². The second kappa shape index (κ2) is 3.57. The average Bonchev–Trinajstić information content (AvgIpc) is 2.00. The van der Waals surface area contributed by atoms with E-state index in [1.807, 2.05) is 20.8 Å². The number of phenolic OH excluding ortho intramolecular Hbond substituents is 2. The molecule has 1 aromatic rings. The summed E-state index contributed by atoms with van der Waals surface area (Å²) in [6.45, 7) is 7.19. The summed E-state index contributed by atoms with van der Waals surface area (Å²) in [5.74, 6) is -0.365. The van der Waals surface area contributed by atoms with Crippen LogP contribution < -0.4 is 0 Å². The Morgan fingerprint density at radius 1 is 1.13 bits per heavy atom. The van der Waals surface area contributed by atoms with Crippen molar-refractivity contribution in [3.63, 3.8) is 0 Å². The molecule has 0 aliphatic carbocycles. The minimum absolute atomic E-state index is 0.0185. The van der Waals surface area contributed by atoms with E-state index in [4.69, 9.17) is 0 Å². The molecular weight excluding hydrogens is 192 g/mol. The number of benzene rings is 1. The van der Waals surface area contributed by atoms with Crippen molar-refractivity contribution in [3.05, 3.63) is 23.3 Å². The first-order chi connectivity index (χ1) is 6.73. The van der Waals surface area contributed by atoms with Gasteiger partial charge in [-0.05, 0) is 18.4 Å². The highest BCUT2D eigenvalue weighted by molar-refractivity contribution is 5.97. The Kier molecular flexibility index (Phi) is 2.75. The molecule has 0 aliphatic heterocycles. The van der Waals surface area contributed by atoms with Crippen LogP contribution >= 0.6 is 0 Å². The van der Waals surface area contributed by atoms with Gasteiger partial charge in [-0.25, -0.2) is 0 Å². The maximum absolute atomic E-state index is 11.2. The maximum Gasteiger partial charge on any atom is 0.163 e. The molecule has 1 aromatic carbocycles. The van der Waals surface area contributed by atoms with Crippen molar-refractivity contribution < 1.29 is 15.0 Å². The summed E-state index contributed by atoms with van der Waals surface area (Å²) in [4.78, 5) is 11.2. The molecule has 0 aromatic heterocycles. The first-order valence-electron chi connectivity index (χ1n) is 4.81. The lowest BCUT2D eigenvalue weighted by Crippen LogP contribution is -2.12. The van der Waals surface area contributed by atoms with Gasteiger partial charge in [0.15, 0.2) is 5.78 Å². The van der Waals surface area contributed by atoms with E-state index in [9.17, 15) is 15.0 Å². The molecule has 0 bridgehead atoms. The number of carbonyl (C=O) groups is 1. The summed E-state index contributed by atoms with van der Waals surface area (Å²) in [7, 11) is 0. The highest BCUT2D eigenvalue weighted by Gasteiger charge is 2.21. The molecule has 0 amide bonds. The van der Waals surface area contributed by atoms with E-state index in [1.54, 1.807) is 6.07 Å². The zero-order valence-corrected chi connectivity index (χ0v) is 9.46. The van der Waals surface area contributed by atoms with Crippen molar-refractivity contribution in [1.82, 2.24) is 0 Å². The Balaban J connectivity index is 3.43. The Morgan fingerprint density at radius 3 is 2.07 bits per heavy atom. The summed E-state index contributed by atoms with van der Waals surface area (Å²) in [5.41, 5.74) is 0.644. The normalized spacial score (nSPS) is 11.5. The minimum atomic E-state index is -0.262. The molecule has 0 aliphatic rings. The number of rotatable bonds is 1. The summed E-state index contributed by atoms with van der Waals surface area (Å²) in [6.07, 6.45) is 0. The Hall–Kier alpha value is -1.51. The van der Waals surface area contributed by atoms with E-state index in [1.165, 1.54) is 13.0 Å². The molecule has 0 saturated heterocycles. The quantitative estimate of drug-likeness (QED) is 0.697. The lowest BCUT2D eigenvalue weighted by atomic mass is 9.85. The van der Waals surface area contributed by atoms with Crippen LogP contribution in [0.3, 0.4) is 0 Å². The first-order valence-corrected chi connectivity index (χ1v) is 4.81. The minimum Gasteiger partial charge on any atom is -0.508 e. The van der Waals surface area contributed by atoms with Crippen molar-refractivity contribution in [2.24, 2.45) is 0 Å². The van der Waals surface area contributed by atoms with E-state index in [2.05, 4.69) is 0 Å². The molecule has 0 atom stereocenters. The highest BCUT2D eigenvalue weighted by Crippen LogP contribution is 2.35. The summed E-state index contributed by atoms with van der Waals surface area (Å²) >= 11 is 0. The SMILES string of the molecule is CC(=O)c1cc(C(C)(C)C)c(O)cc1O. The molecule has 0 saturated carbocycles. The number of hydrogen-bond acceptors (Lipinski definition) is 3. The van der Waals surface area contributed by atoms with Gasteiger partial charge in [-0.3, -0.25) is 4.79 Å². The molecule has 0 unspecified atom stereocenters. The Morgan fingerprint density at radius 2 is 1.67 bits per heavy atom. The average molecular weight is 208 g/mol. The lowest BCUT2D eigenvalue weighted by Gasteiger charge is -2.21. The van der Waals surface area contributed by atoms with Crippen molar-refractivity contribution in [2.75, 3.05) is 0 Å². The van der Waals surface area contributed by atoms with Crippen LogP contribution in [-0.2, 0) is 5.41 Å². The molecule has 1 rings (SSSR count). The molecular formula is C12H16O3. The van der Waals surface area contributed by atoms with Crippen LogP contribution in [0.1, 0.15) is 43.6 Å². The van der Waals surface area contributed by atoms with Gasteiger partial charge in [0, 0.05) is 11.6 Å². The first kappa shape index (κ1) is 11.6. The van der Waals surface area contributed by atoms with Crippen LogP contribution in [0.2, 0.25) is 0 Å². The van der Waals surface area contributed by atoms with Gasteiger partial charge in [0.25, 0.3) is 0 Å². The number of phenols is 2. The van der Waals surface area contributed by atoms with E-state index < -0.39 is 0 Å². The molecule has 3 nitrogen and oxygen atoms in total. The molecule has 0 fully saturated rings. The Bertz CT molecular complexity index is 400. The third kappa shape index (κ3) is 2.29. The molecule has 2 N–H and O–H groups in total. The zero-order valence-electron chi connectivity index (χ0n) is 9.46. The number of aromatic hydroxyl groups is 2. The molecule has 3 heteroatoms. The molecule has 15 heavy (non-hydrogen) atoms. The van der Waals surface area contributed by atoms with Crippen LogP contribution in [0.4, 0.5) is 0 Å². The van der Waals surface area contributed by atoms with Gasteiger partial charge in [0.05, 0.1) is 5.56 Å². The molecule has 0 radical (unpaired) electrons. The van der Waals surface area contributed by atoms with Crippen molar-refractivity contribution in [1.29, 1.82) is 0 Å². The van der Waals surface area contributed by atoms with E-state index in [-0.39, 0.29) is 28.3 Å². The maximum atomic E-state index is 11.2. The van der Waals surface area contributed by atoms with Crippen LogP contribution in [0.15, 0.2) is 12.1 Å². The largest absolute Gasteiger partial charge is 0.508 e. The number of Topliss-reactive ketones (excluding diaryl/α,β-unsaturated/α-hetero) is 1. The van der Waals surface area contributed by atoms with Gasteiger partial charge in [0.1, 0.15) is 11.5 Å². The standard InChI is InChI=1S/C12H16O3/c1-7(13)8-5-9(12(2,3)4)11(15)6-10(8)14/h5-6,14-15H,1-4H3. The Labute approximate surface area is 89.4 Å². The van der Waals surface area contributed by atoms with Gasteiger partial charge in [-0.2, -0.15) is 0 Å². The molecule has 82 valence electrons. The second-order valence-electron chi connectivity index (χ2n) is 4.69. The van der Waals surface area contributed by atoms with Crippen LogP contribution in [0.25, 0.3) is 0 Å². The third-order valence-electron chi connectivity index (χ3n) is 2.30. The zero-order chi connectivity index (χ0) is 11.8. The van der Waals surface area contributed by atoms with Crippen molar-refractivity contribution >= 4 is 5.78 Å². The van der Waals surface area contributed by atoms with Crippen LogP contribution in [0, 0.1) is 0 Å². The third-order valence-corrected chi connectivity index (χ3v) is 2.30. The van der Waals surface area contributed by atoms with Crippen LogP contribution in [-0.4, -0.2) is 16.0 Å². The van der Waals surface area contributed by atoms with Crippen molar-refractivity contribution in [2.45, 2.75) is 33.1 Å². The monoisotopic (exact) mass is 208 g/mol. The van der Waals surface area contributed by atoms with Gasteiger partial charge in [-0.1, -0.05) is 20.8 Å². The highest BCUT2D eigenvalue weighted by atomic mass is 16.3. The number of ketones is 1. The van der Waals surface area contributed by atoms with Crippen molar-refractivity contribution in [3.8, 4) is 11.5 Å². The summed E-state index contributed by atoms with van der Waals surface area (Å²) in [6, 6.07) is 2.77. The predicted molar refractivity (Wildman–Crippen MR) is 58.5 cm³/mol. The number of carbonyl (C=O) groups excluding carboxylic acids is 1. The van der Waals surface area contributed by atoms with E-state index in [0.717, 1.165) is 0 Å². The smallest absolute Gasteiger partial charge is 0.163 e. The fourth-order valence-corrected chi connectivity index (χ4v) is 1.46. The molecule has 0 spiro atoms. The van der Waals surface area contributed by atoms with Gasteiger partial charge in [0.2, 0.25) is 0 Å². The van der Waals surface area contributed by atoms with Crippen LogP contribution in [0.5, 0.6) is 11.5 Å². The van der Waals surface area contributed by atoms with E-state index >= 15 is 0 Å². The predicted octanol–water partition coefficient (Wildman–Crippen LogP) is 2.60. The lowest BCUT2D eigenvalue weighted by molar-refractivity contribution is 0.101.